The van der Waals surface area contributed by atoms with E-state index in [0.717, 1.165) is 0 Å². The molecule has 1 aliphatic rings. The highest BCUT2D eigenvalue weighted by molar-refractivity contribution is 5.93. The van der Waals surface area contributed by atoms with E-state index in [2.05, 4.69) is 10.3 Å². The minimum Gasteiger partial charge on any atom is -0.459 e. The summed E-state index contributed by atoms with van der Waals surface area (Å²) in [5.41, 5.74) is -0.238. The Balaban J connectivity index is 2.66. The van der Waals surface area contributed by atoms with Gasteiger partial charge in [0.05, 0.1) is 5.54 Å². The van der Waals surface area contributed by atoms with Crippen LogP contribution in [0.5, 0.6) is 0 Å². The highest BCUT2D eigenvalue weighted by Crippen LogP contribution is 2.23. The van der Waals surface area contributed by atoms with Crippen molar-refractivity contribution in [2.45, 2.75) is 39.3 Å². The van der Waals surface area contributed by atoms with E-state index in [-0.39, 0.29) is 17.6 Å². The van der Waals surface area contributed by atoms with Crippen LogP contribution >= 0.6 is 0 Å². The summed E-state index contributed by atoms with van der Waals surface area (Å²) in [6.45, 7) is 7.29. The molecular formula is C8H14N2O2. The Bertz CT molecular complexity index is 233. The smallest absolute Gasteiger partial charge is 0.292 e. The number of nitrogens with zero attached hydrogens (tertiary/aromatic N) is 1. The first-order valence-electron chi connectivity index (χ1n) is 3.96. The lowest BCUT2D eigenvalue weighted by molar-refractivity contribution is -0.117. The van der Waals surface area contributed by atoms with Crippen LogP contribution in [0.15, 0.2) is 4.99 Å². The molecule has 4 nitrogen and oxygen atoms in total. The van der Waals surface area contributed by atoms with Crippen LogP contribution in [0.1, 0.15) is 27.7 Å². The van der Waals surface area contributed by atoms with Crippen LogP contribution in [0.4, 0.5) is 0 Å². The van der Waals surface area contributed by atoms with Gasteiger partial charge >= 0.3 is 0 Å². The molecule has 0 aromatic heterocycles. The topological polar surface area (TPSA) is 50.7 Å². The average molecular weight is 170 g/mol. The van der Waals surface area contributed by atoms with Gasteiger partial charge in [0.2, 0.25) is 5.91 Å². The molecule has 1 heterocycles. The molecule has 1 atom stereocenters. The Labute approximate surface area is 72.0 Å². The highest BCUT2D eigenvalue weighted by atomic mass is 16.5. The summed E-state index contributed by atoms with van der Waals surface area (Å²) < 4.78 is 5.31. The summed E-state index contributed by atoms with van der Waals surface area (Å²) in [5.74, 6) is -0.154. The normalized spacial score (nSPS) is 26.0. The third-order valence-corrected chi connectivity index (χ3v) is 1.96. The van der Waals surface area contributed by atoms with Crippen molar-refractivity contribution in [3.05, 3.63) is 0 Å². The number of amidine groups is 1. The van der Waals surface area contributed by atoms with Crippen molar-refractivity contribution in [3.8, 4) is 0 Å². The van der Waals surface area contributed by atoms with E-state index < -0.39 is 0 Å². The number of hydrogen-bond donors (Lipinski definition) is 1. The van der Waals surface area contributed by atoms with Crippen LogP contribution in [0.25, 0.3) is 0 Å². The summed E-state index contributed by atoms with van der Waals surface area (Å²) in [7, 11) is 0. The first-order valence-corrected chi connectivity index (χ1v) is 3.96. The zero-order valence-electron chi connectivity index (χ0n) is 7.84. The van der Waals surface area contributed by atoms with Crippen molar-refractivity contribution in [1.29, 1.82) is 0 Å². The fourth-order valence-corrected chi connectivity index (χ4v) is 0.899. The molecule has 4 heteroatoms. The van der Waals surface area contributed by atoms with E-state index in [0.29, 0.717) is 6.02 Å². The Hall–Kier alpha value is -1.06. The molecule has 1 N–H and O–H groups in total. The number of hydrogen-bond acceptors (Lipinski definition) is 3. The number of carbonyl (C=O) groups is 1. The van der Waals surface area contributed by atoms with Gasteiger partial charge in [-0.25, -0.2) is 4.99 Å². The zero-order valence-corrected chi connectivity index (χ0v) is 7.84. The molecule has 1 rings (SSSR count). The lowest BCUT2D eigenvalue weighted by Crippen LogP contribution is -2.30. The molecule has 68 valence electrons. The van der Waals surface area contributed by atoms with Crippen LogP contribution in [0, 0.1) is 0 Å². The molecular weight excluding hydrogens is 156 g/mol. The quantitative estimate of drug-likeness (QED) is 0.581. The molecule has 0 aromatic carbocycles. The molecule has 12 heavy (non-hydrogen) atoms. The molecule has 0 saturated carbocycles. The molecule has 0 fully saturated rings. The van der Waals surface area contributed by atoms with Crippen molar-refractivity contribution >= 4 is 11.9 Å². The van der Waals surface area contributed by atoms with Gasteiger partial charge in [-0.2, -0.15) is 0 Å². The zero-order chi connectivity index (χ0) is 9.35. The molecule has 0 saturated heterocycles. The minimum atomic E-state index is -0.238. The van der Waals surface area contributed by atoms with E-state index in [4.69, 9.17) is 4.74 Å². The summed E-state index contributed by atoms with van der Waals surface area (Å²) in [6, 6.07) is 0.333. The van der Waals surface area contributed by atoms with Gasteiger partial charge in [0, 0.05) is 6.92 Å². The molecule has 0 aromatic rings. The van der Waals surface area contributed by atoms with Crippen LogP contribution < -0.4 is 5.32 Å². The Morgan fingerprint density at radius 2 is 2.25 bits per heavy atom. The monoisotopic (exact) mass is 170 g/mol. The van der Waals surface area contributed by atoms with Gasteiger partial charge in [-0.15, -0.1) is 0 Å². The summed E-state index contributed by atoms with van der Waals surface area (Å²) in [6.07, 6.45) is 0.0133. The summed E-state index contributed by atoms with van der Waals surface area (Å²) in [4.78, 5) is 14.8. The fourth-order valence-electron chi connectivity index (χ4n) is 0.899. The Morgan fingerprint density at radius 3 is 2.58 bits per heavy atom. The molecule has 0 aliphatic carbocycles. The van der Waals surface area contributed by atoms with Crippen LogP contribution in [0.2, 0.25) is 0 Å². The maximum Gasteiger partial charge on any atom is 0.292 e. The molecule has 1 unspecified atom stereocenters. The van der Waals surface area contributed by atoms with E-state index in [9.17, 15) is 4.79 Å². The standard InChI is InChI=1S/C8H14N2O2/c1-5-8(3,4)10-7(12-5)9-6(2)11/h5H,1-4H3,(H,9,10,11). The summed E-state index contributed by atoms with van der Waals surface area (Å²) in [5, 5.41) is 2.52. The molecule has 0 spiro atoms. The molecule has 1 aliphatic heterocycles. The average Bonchev–Trinajstić information content (AvgIpc) is 2.04. The number of rotatable bonds is 0. The lowest BCUT2D eigenvalue weighted by Gasteiger charge is -2.17. The molecule has 0 radical (unpaired) electrons. The second-order valence-electron chi connectivity index (χ2n) is 3.51. The highest BCUT2D eigenvalue weighted by Gasteiger charge is 2.34. The maximum absolute atomic E-state index is 10.6. The predicted molar refractivity (Wildman–Crippen MR) is 45.9 cm³/mol. The van der Waals surface area contributed by atoms with Gasteiger partial charge in [-0.3, -0.25) is 10.1 Å². The van der Waals surface area contributed by atoms with Gasteiger partial charge in [0.25, 0.3) is 6.02 Å². The van der Waals surface area contributed by atoms with Gasteiger partial charge < -0.3 is 4.74 Å². The molecule has 0 bridgehead atoms. The maximum atomic E-state index is 10.6. The van der Waals surface area contributed by atoms with E-state index in [1.54, 1.807) is 0 Å². The van der Waals surface area contributed by atoms with Crippen molar-refractivity contribution in [2.24, 2.45) is 4.99 Å². The fraction of sp³-hybridized carbons (Fsp3) is 0.750. The largest absolute Gasteiger partial charge is 0.459 e. The first-order chi connectivity index (χ1) is 5.42. The lowest BCUT2D eigenvalue weighted by atomic mass is 10.0. The third kappa shape index (κ3) is 1.75. The number of amides is 1. The summed E-state index contributed by atoms with van der Waals surface area (Å²) >= 11 is 0. The Kier molecular flexibility index (Phi) is 2.08. The van der Waals surface area contributed by atoms with Crippen LogP contribution in [-0.4, -0.2) is 23.6 Å². The van der Waals surface area contributed by atoms with Gasteiger partial charge in [0.1, 0.15) is 6.10 Å². The Morgan fingerprint density at radius 1 is 1.67 bits per heavy atom. The number of nitrogens with one attached hydrogen (secondary N) is 1. The number of ether oxygens (including phenoxy) is 1. The van der Waals surface area contributed by atoms with Crippen molar-refractivity contribution in [1.82, 2.24) is 5.32 Å². The second kappa shape index (κ2) is 2.77. The second-order valence-corrected chi connectivity index (χ2v) is 3.51. The van der Waals surface area contributed by atoms with Crippen LogP contribution in [-0.2, 0) is 9.53 Å². The molecule has 1 amide bonds. The SMILES string of the molecule is CC(=O)NC1=NC(C)(C)C(C)O1. The van der Waals surface area contributed by atoms with Crippen molar-refractivity contribution < 1.29 is 9.53 Å². The van der Waals surface area contributed by atoms with Crippen molar-refractivity contribution in [3.63, 3.8) is 0 Å². The third-order valence-electron chi connectivity index (χ3n) is 1.96. The van der Waals surface area contributed by atoms with Gasteiger partial charge in [0.15, 0.2) is 0 Å². The first kappa shape index (κ1) is 9.03. The van der Waals surface area contributed by atoms with Gasteiger partial charge in [-0.05, 0) is 20.8 Å². The predicted octanol–water partition coefficient (Wildman–Crippen LogP) is 0.676. The van der Waals surface area contributed by atoms with Crippen molar-refractivity contribution in [2.75, 3.05) is 0 Å². The van der Waals surface area contributed by atoms with E-state index in [1.165, 1.54) is 6.92 Å². The number of aliphatic imine (C=N–C) groups is 1. The minimum absolute atomic E-state index is 0.0133. The number of carbonyl (C=O) groups excluding carboxylic acids is 1. The van der Waals surface area contributed by atoms with Crippen LogP contribution in [0.3, 0.4) is 0 Å². The van der Waals surface area contributed by atoms with E-state index >= 15 is 0 Å². The van der Waals surface area contributed by atoms with Gasteiger partial charge in [-0.1, -0.05) is 0 Å². The van der Waals surface area contributed by atoms with E-state index in [1.807, 2.05) is 20.8 Å².